The van der Waals surface area contributed by atoms with Gasteiger partial charge in [-0.05, 0) is 50.3 Å². The summed E-state index contributed by atoms with van der Waals surface area (Å²) in [5.74, 6) is -0.732. The number of esters is 1. The Morgan fingerprint density at radius 2 is 2.09 bits per heavy atom. The summed E-state index contributed by atoms with van der Waals surface area (Å²) in [4.78, 5) is 12.5. The van der Waals surface area contributed by atoms with Crippen LogP contribution in [0.4, 0.5) is 4.39 Å². The van der Waals surface area contributed by atoms with Gasteiger partial charge in [0.15, 0.2) is 0 Å². The van der Waals surface area contributed by atoms with Crippen molar-refractivity contribution in [1.29, 1.82) is 0 Å². The molecule has 1 aromatic carbocycles. The number of rotatable bonds is 8. The molecule has 1 saturated carbocycles. The SMILES string of the molecule is C=COCCOc1ccc(F)cc1C(=O)OC1(CC)CCCC1. The van der Waals surface area contributed by atoms with Gasteiger partial charge in [-0.3, -0.25) is 0 Å². The van der Waals surface area contributed by atoms with Gasteiger partial charge in [-0.1, -0.05) is 13.5 Å². The maximum absolute atomic E-state index is 13.5. The summed E-state index contributed by atoms with van der Waals surface area (Å²) in [5, 5.41) is 0. The van der Waals surface area contributed by atoms with E-state index in [1.165, 1.54) is 18.4 Å². The van der Waals surface area contributed by atoms with Crippen LogP contribution in [0.3, 0.4) is 0 Å². The summed E-state index contributed by atoms with van der Waals surface area (Å²) in [7, 11) is 0. The quantitative estimate of drug-likeness (QED) is 0.408. The molecule has 1 aliphatic carbocycles. The molecule has 2 rings (SSSR count). The van der Waals surface area contributed by atoms with Crippen molar-refractivity contribution in [3.63, 3.8) is 0 Å². The first-order chi connectivity index (χ1) is 11.1. The molecule has 1 fully saturated rings. The molecule has 0 aliphatic heterocycles. The van der Waals surface area contributed by atoms with Crippen molar-refractivity contribution < 1.29 is 23.4 Å². The first-order valence-electron chi connectivity index (χ1n) is 7.98. The fraction of sp³-hybridized carbons (Fsp3) is 0.500. The molecule has 0 bridgehead atoms. The van der Waals surface area contributed by atoms with Crippen LogP contribution < -0.4 is 4.74 Å². The van der Waals surface area contributed by atoms with Gasteiger partial charge in [-0.25, -0.2) is 9.18 Å². The molecule has 0 unspecified atom stereocenters. The highest BCUT2D eigenvalue weighted by Crippen LogP contribution is 2.37. The Morgan fingerprint density at radius 1 is 1.35 bits per heavy atom. The molecule has 0 radical (unpaired) electrons. The van der Waals surface area contributed by atoms with Crippen LogP contribution in [0.25, 0.3) is 0 Å². The number of carbonyl (C=O) groups excluding carboxylic acids is 1. The van der Waals surface area contributed by atoms with Crippen molar-refractivity contribution in [3.05, 3.63) is 42.4 Å². The molecule has 23 heavy (non-hydrogen) atoms. The van der Waals surface area contributed by atoms with E-state index >= 15 is 0 Å². The van der Waals surface area contributed by atoms with Crippen molar-refractivity contribution in [1.82, 2.24) is 0 Å². The van der Waals surface area contributed by atoms with E-state index in [0.29, 0.717) is 12.4 Å². The molecule has 4 nitrogen and oxygen atoms in total. The van der Waals surface area contributed by atoms with Crippen LogP contribution in [0.15, 0.2) is 31.0 Å². The zero-order valence-corrected chi connectivity index (χ0v) is 13.5. The lowest BCUT2D eigenvalue weighted by Gasteiger charge is -2.28. The standard InChI is InChI=1S/C18H23FO4/c1-3-18(9-5-6-10-18)23-17(20)15-13-14(19)7-8-16(15)22-12-11-21-4-2/h4,7-8,13H,2-3,5-6,9-12H2,1H3. The minimum Gasteiger partial charge on any atom is -0.498 e. The maximum Gasteiger partial charge on any atom is 0.342 e. The van der Waals surface area contributed by atoms with Gasteiger partial charge in [0, 0.05) is 0 Å². The van der Waals surface area contributed by atoms with Gasteiger partial charge < -0.3 is 14.2 Å². The average molecular weight is 322 g/mol. The lowest BCUT2D eigenvalue weighted by Crippen LogP contribution is -2.31. The average Bonchev–Trinajstić information content (AvgIpc) is 3.01. The topological polar surface area (TPSA) is 44.8 Å². The molecule has 0 aromatic heterocycles. The second-order valence-electron chi connectivity index (χ2n) is 5.66. The van der Waals surface area contributed by atoms with Crippen molar-refractivity contribution in [2.24, 2.45) is 0 Å². The van der Waals surface area contributed by atoms with E-state index in [1.54, 1.807) is 0 Å². The van der Waals surface area contributed by atoms with Gasteiger partial charge in [0.1, 0.15) is 35.9 Å². The molecule has 0 spiro atoms. The van der Waals surface area contributed by atoms with Crippen LogP contribution in [0, 0.1) is 5.82 Å². The van der Waals surface area contributed by atoms with Crippen molar-refractivity contribution in [3.8, 4) is 5.75 Å². The maximum atomic E-state index is 13.5. The zero-order chi connectivity index (χ0) is 16.7. The molecule has 1 aromatic rings. The van der Waals surface area contributed by atoms with Gasteiger partial charge in [0.05, 0.1) is 6.26 Å². The van der Waals surface area contributed by atoms with E-state index in [1.807, 2.05) is 6.92 Å². The van der Waals surface area contributed by atoms with Crippen LogP contribution >= 0.6 is 0 Å². The Morgan fingerprint density at radius 3 is 2.74 bits per heavy atom. The van der Waals surface area contributed by atoms with E-state index in [4.69, 9.17) is 14.2 Å². The van der Waals surface area contributed by atoms with Crippen molar-refractivity contribution in [2.75, 3.05) is 13.2 Å². The first kappa shape index (κ1) is 17.3. The van der Waals surface area contributed by atoms with E-state index < -0.39 is 17.4 Å². The van der Waals surface area contributed by atoms with E-state index in [9.17, 15) is 9.18 Å². The number of halogens is 1. The van der Waals surface area contributed by atoms with Crippen LogP contribution in [0.5, 0.6) is 5.75 Å². The molecule has 0 atom stereocenters. The summed E-state index contributed by atoms with van der Waals surface area (Å²) in [5.41, 5.74) is -0.310. The Bertz CT molecular complexity index is 550. The van der Waals surface area contributed by atoms with Crippen LogP contribution in [0.1, 0.15) is 49.4 Å². The highest BCUT2D eigenvalue weighted by atomic mass is 19.1. The third kappa shape index (κ3) is 4.47. The second kappa shape index (κ2) is 7.99. The van der Waals surface area contributed by atoms with Crippen LogP contribution in [0.2, 0.25) is 0 Å². The van der Waals surface area contributed by atoms with Crippen molar-refractivity contribution in [2.45, 2.75) is 44.6 Å². The summed E-state index contributed by atoms with van der Waals surface area (Å²) >= 11 is 0. The normalized spacial score (nSPS) is 15.9. The molecule has 1 aliphatic rings. The second-order valence-corrected chi connectivity index (χ2v) is 5.66. The third-order valence-electron chi connectivity index (χ3n) is 4.21. The van der Waals surface area contributed by atoms with E-state index in [0.717, 1.165) is 38.2 Å². The van der Waals surface area contributed by atoms with Gasteiger partial charge in [-0.15, -0.1) is 0 Å². The molecular weight excluding hydrogens is 299 g/mol. The molecule has 0 N–H and O–H groups in total. The summed E-state index contributed by atoms with van der Waals surface area (Å²) in [6.45, 7) is 5.98. The predicted molar refractivity (Wildman–Crippen MR) is 84.9 cm³/mol. The summed E-state index contributed by atoms with van der Waals surface area (Å²) in [6, 6.07) is 3.85. The largest absolute Gasteiger partial charge is 0.498 e. The molecule has 0 saturated heterocycles. The molecular formula is C18H23FO4. The number of hydrogen-bond donors (Lipinski definition) is 0. The monoisotopic (exact) mass is 322 g/mol. The molecule has 0 amide bonds. The van der Waals surface area contributed by atoms with E-state index in [2.05, 4.69) is 6.58 Å². The molecule has 0 heterocycles. The minimum absolute atomic E-state index is 0.114. The number of ether oxygens (including phenoxy) is 3. The van der Waals surface area contributed by atoms with Gasteiger partial charge >= 0.3 is 5.97 Å². The highest BCUT2D eigenvalue weighted by molar-refractivity contribution is 5.92. The third-order valence-corrected chi connectivity index (χ3v) is 4.21. The number of hydrogen-bond acceptors (Lipinski definition) is 4. The fourth-order valence-corrected chi connectivity index (χ4v) is 2.87. The lowest BCUT2D eigenvalue weighted by atomic mass is 9.98. The lowest BCUT2D eigenvalue weighted by molar-refractivity contribution is -0.0176. The highest BCUT2D eigenvalue weighted by Gasteiger charge is 2.36. The predicted octanol–water partition coefficient (Wildman–Crippen LogP) is 4.24. The van der Waals surface area contributed by atoms with Crippen LogP contribution in [-0.2, 0) is 9.47 Å². The fourth-order valence-electron chi connectivity index (χ4n) is 2.87. The molecule has 5 heteroatoms. The van der Waals surface area contributed by atoms with E-state index in [-0.39, 0.29) is 12.2 Å². The summed E-state index contributed by atoms with van der Waals surface area (Å²) in [6.07, 6.45) is 5.88. The number of carbonyl (C=O) groups is 1. The Hall–Kier alpha value is -2.04. The van der Waals surface area contributed by atoms with Gasteiger partial charge in [0.2, 0.25) is 0 Å². The number of benzene rings is 1. The Labute approximate surface area is 136 Å². The Balaban J connectivity index is 2.11. The smallest absolute Gasteiger partial charge is 0.342 e. The van der Waals surface area contributed by atoms with Gasteiger partial charge in [0.25, 0.3) is 0 Å². The minimum atomic E-state index is -0.534. The van der Waals surface area contributed by atoms with Crippen molar-refractivity contribution >= 4 is 5.97 Å². The van der Waals surface area contributed by atoms with Crippen LogP contribution in [-0.4, -0.2) is 24.8 Å². The first-order valence-corrected chi connectivity index (χ1v) is 7.98. The zero-order valence-electron chi connectivity index (χ0n) is 13.5. The molecule has 126 valence electrons. The Kier molecular flexibility index (Phi) is 6.02. The van der Waals surface area contributed by atoms with Gasteiger partial charge in [-0.2, -0.15) is 0 Å². The summed E-state index contributed by atoms with van der Waals surface area (Å²) < 4.78 is 29.7.